The molecule has 1 amide bonds. The molecule has 7 heteroatoms. The van der Waals surface area contributed by atoms with E-state index in [0.29, 0.717) is 17.1 Å². The summed E-state index contributed by atoms with van der Waals surface area (Å²) in [5, 5.41) is 6.31. The number of hydrogen-bond donors (Lipinski definition) is 1. The summed E-state index contributed by atoms with van der Waals surface area (Å²) in [6.07, 6.45) is 0. The second kappa shape index (κ2) is 6.38. The lowest BCUT2D eigenvalue weighted by Gasteiger charge is -2.08. The van der Waals surface area contributed by atoms with Crippen LogP contribution in [0.2, 0.25) is 0 Å². The number of rotatable bonds is 5. The van der Waals surface area contributed by atoms with E-state index in [0.717, 1.165) is 0 Å². The standard InChI is InChI=1S/C15H17N3O4/c1-9(2)14-17-22-15(21)18(14)8-13(20)16-12-6-4-5-11(7-12)10(3)19/h4-7,9H,8H2,1-3H3,(H,16,20). The molecule has 2 aromatic rings. The molecule has 1 heterocycles. The third-order valence-corrected chi connectivity index (χ3v) is 3.09. The average Bonchev–Trinajstić information content (AvgIpc) is 2.80. The summed E-state index contributed by atoms with van der Waals surface area (Å²) in [5.41, 5.74) is 0.996. The minimum absolute atomic E-state index is 0.0414. The number of nitrogens with one attached hydrogen (secondary N) is 1. The number of aromatic nitrogens is 2. The van der Waals surface area contributed by atoms with E-state index in [1.54, 1.807) is 24.3 Å². The summed E-state index contributed by atoms with van der Waals surface area (Å²) in [4.78, 5) is 35.0. The third kappa shape index (κ3) is 3.49. The summed E-state index contributed by atoms with van der Waals surface area (Å²) in [5.74, 6) is -0.782. The van der Waals surface area contributed by atoms with Crippen molar-refractivity contribution in [3.63, 3.8) is 0 Å². The first kappa shape index (κ1) is 15.7. The van der Waals surface area contributed by atoms with Crippen LogP contribution in [-0.2, 0) is 11.3 Å². The van der Waals surface area contributed by atoms with E-state index in [2.05, 4.69) is 15.0 Å². The number of amides is 1. The Bertz CT molecular complexity index is 758. The molecule has 0 fully saturated rings. The van der Waals surface area contributed by atoms with Crippen LogP contribution in [-0.4, -0.2) is 21.4 Å². The molecule has 0 aliphatic heterocycles. The van der Waals surface area contributed by atoms with Gasteiger partial charge in [-0.05, 0) is 19.1 Å². The van der Waals surface area contributed by atoms with Crippen LogP contribution < -0.4 is 11.1 Å². The van der Waals surface area contributed by atoms with Crippen LogP contribution in [0.15, 0.2) is 33.6 Å². The highest BCUT2D eigenvalue weighted by molar-refractivity contribution is 5.97. The third-order valence-electron chi connectivity index (χ3n) is 3.09. The first-order chi connectivity index (χ1) is 10.4. The molecule has 1 N–H and O–H groups in total. The van der Waals surface area contributed by atoms with E-state index in [4.69, 9.17) is 0 Å². The van der Waals surface area contributed by atoms with Crippen molar-refractivity contribution in [2.45, 2.75) is 33.2 Å². The Morgan fingerprint density at radius 3 is 2.73 bits per heavy atom. The van der Waals surface area contributed by atoms with Crippen LogP contribution in [0.5, 0.6) is 0 Å². The van der Waals surface area contributed by atoms with Gasteiger partial charge in [0.2, 0.25) is 5.91 Å². The fourth-order valence-corrected chi connectivity index (χ4v) is 2.00. The summed E-state index contributed by atoms with van der Waals surface area (Å²) in [7, 11) is 0. The lowest BCUT2D eigenvalue weighted by atomic mass is 10.1. The molecule has 0 saturated heterocycles. The van der Waals surface area contributed by atoms with Gasteiger partial charge in [0.25, 0.3) is 0 Å². The molecule has 0 atom stereocenters. The van der Waals surface area contributed by atoms with Crippen molar-refractivity contribution >= 4 is 17.4 Å². The minimum atomic E-state index is -0.670. The van der Waals surface area contributed by atoms with E-state index in [9.17, 15) is 14.4 Å². The summed E-state index contributed by atoms with van der Waals surface area (Å²) in [6.45, 7) is 4.96. The van der Waals surface area contributed by atoms with Gasteiger partial charge in [0.15, 0.2) is 11.6 Å². The van der Waals surface area contributed by atoms with Crippen molar-refractivity contribution < 1.29 is 14.1 Å². The first-order valence-corrected chi connectivity index (χ1v) is 6.85. The van der Waals surface area contributed by atoms with Crippen LogP contribution in [0.3, 0.4) is 0 Å². The molecule has 116 valence electrons. The highest BCUT2D eigenvalue weighted by atomic mass is 16.5. The molecule has 1 aromatic carbocycles. The van der Waals surface area contributed by atoms with Crippen molar-refractivity contribution in [1.82, 2.24) is 9.72 Å². The van der Waals surface area contributed by atoms with Gasteiger partial charge in [-0.1, -0.05) is 31.1 Å². The normalized spacial score (nSPS) is 10.7. The maximum absolute atomic E-state index is 12.1. The molecular weight excluding hydrogens is 286 g/mol. The van der Waals surface area contributed by atoms with Gasteiger partial charge in [-0.25, -0.2) is 4.79 Å². The number of benzene rings is 1. The Kier molecular flexibility index (Phi) is 4.55. The zero-order valence-electron chi connectivity index (χ0n) is 12.6. The molecule has 0 spiro atoms. The second-order valence-corrected chi connectivity index (χ2v) is 5.23. The molecule has 22 heavy (non-hydrogen) atoms. The van der Waals surface area contributed by atoms with Crippen LogP contribution in [0.25, 0.3) is 0 Å². The maximum Gasteiger partial charge on any atom is 0.442 e. The van der Waals surface area contributed by atoms with Crippen LogP contribution in [0.1, 0.15) is 42.9 Å². The number of Topliss-reactive ketones (excluding diaryl/α,β-unsaturated/α-hetero) is 1. The molecule has 0 radical (unpaired) electrons. The van der Waals surface area contributed by atoms with Gasteiger partial charge in [0.05, 0.1) is 0 Å². The zero-order chi connectivity index (χ0) is 16.3. The number of ketones is 1. The van der Waals surface area contributed by atoms with Crippen molar-refractivity contribution in [2.75, 3.05) is 5.32 Å². The monoisotopic (exact) mass is 303 g/mol. The van der Waals surface area contributed by atoms with Crippen molar-refractivity contribution in [3.05, 3.63) is 46.2 Å². The Morgan fingerprint density at radius 1 is 1.36 bits per heavy atom. The van der Waals surface area contributed by atoms with Crippen molar-refractivity contribution in [3.8, 4) is 0 Å². The van der Waals surface area contributed by atoms with Crippen LogP contribution in [0, 0.1) is 0 Å². The molecule has 0 aliphatic rings. The second-order valence-electron chi connectivity index (χ2n) is 5.23. The Hall–Kier alpha value is -2.70. The maximum atomic E-state index is 12.1. The fraction of sp³-hybridized carbons (Fsp3) is 0.333. The number of hydrogen-bond acceptors (Lipinski definition) is 5. The largest absolute Gasteiger partial charge is 0.442 e. The molecule has 2 rings (SSSR count). The van der Waals surface area contributed by atoms with E-state index in [1.807, 2.05) is 13.8 Å². The Labute approximate surface area is 126 Å². The van der Waals surface area contributed by atoms with Crippen LogP contribution >= 0.6 is 0 Å². The average molecular weight is 303 g/mol. The smallest absolute Gasteiger partial charge is 0.325 e. The van der Waals surface area contributed by atoms with Crippen molar-refractivity contribution in [2.24, 2.45) is 0 Å². The Balaban J connectivity index is 2.14. The van der Waals surface area contributed by atoms with Gasteiger partial charge in [-0.3, -0.25) is 18.7 Å². The van der Waals surface area contributed by atoms with Gasteiger partial charge < -0.3 is 5.32 Å². The Morgan fingerprint density at radius 2 is 2.09 bits per heavy atom. The minimum Gasteiger partial charge on any atom is -0.325 e. The highest BCUT2D eigenvalue weighted by Crippen LogP contribution is 2.12. The first-order valence-electron chi connectivity index (χ1n) is 6.85. The predicted octanol–water partition coefficient (Wildman–Crippen LogP) is 1.80. The lowest BCUT2D eigenvalue weighted by molar-refractivity contribution is -0.116. The SMILES string of the molecule is CC(=O)c1cccc(NC(=O)Cn2c(C(C)C)noc2=O)c1. The molecule has 0 aliphatic carbocycles. The summed E-state index contributed by atoms with van der Waals surface area (Å²) in [6, 6.07) is 6.60. The predicted molar refractivity (Wildman–Crippen MR) is 79.9 cm³/mol. The number of nitrogens with zero attached hydrogens (tertiary/aromatic N) is 2. The van der Waals surface area contributed by atoms with E-state index in [-0.39, 0.29) is 18.2 Å². The van der Waals surface area contributed by atoms with Crippen LogP contribution in [0.4, 0.5) is 5.69 Å². The molecule has 0 saturated carbocycles. The molecule has 1 aromatic heterocycles. The van der Waals surface area contributed by atoms with Gasteiger partial charge in [0, 0.05) is 17.2 Å². The molecule has 7 nitrogen and oxygen atoms in total. The fourth-order valence-electron chi connectivity index (χ4n) is 2.00. The van der Waals surface area contributed by atoms with Crippen molar-refractivity contribution in [1.29, 1.82) is 0 Å². The van der Waals surface area contributed by atoms with Gasteiger partial charge >= 0.3 is 5.76 Å². The number of anilines is 1. The zero-order valence-corrected chi connectivity index (χ0v) is 12.6. The number of carbonyl (C=O) groups is 2. The summed E-state index contributed by atoms with van der Waals surface area (Å²) < 4.78 is 5.78. The van der Waals surface area contributed by atoms with Gasteiger partial charge in [-0.2, -0.15) is 0 Å². The van der Waals surface area contributed by atoms with E-state index in [1.165, 1.54) is 11.5 Å². The molecule has 0 bridgehead atoms. The van der Waals surface area contributed by atoms with E-state index < -0.39 is 11.7 Å². The quantitative estimate of drug-likeness (QED) is 0.850. The summed E-state index contributed by atoms with van der Waals surface area (Å²) >= 11 is 0. The topological polar surface area (TPSA) is 94.2 Å². The highest BCUT2D eigenvalue weighted by Gasteiger charge is 2.16. The molecular formula is C15H17N3O4. The lowest BCUT2D eigenvalue weighted by Crippen LogP contribution is -2.26. The van der Waals surface area contributed by atoms with Gasteiger partial charge in [-0.15, -0.1) is 0 Å². The molecule has 0 unspecified atom stereocenters. The van der Waals surface area contributed by atoms with Gasteiger partial charge in [0.1, 0.15) is 6.54 Å². The number of carbonyl (C=O) groups excluding carboxylic acids is 2. The van der Waals surface area contributed by atoms with E-state index >= 15 is 0 Å².